The number of hydrazine groups is 1. The summed E-state index contributed by atoms with van der Waals surface area (Å²) in [5, 5.41) is -0.588. The molecule has 0 unspecified atom stereocenters. The number of nitrogens with zero attached hydrogens (tertiary/aromatic N) is 1. The Morgan fingerprint density at radius 3 is 2.30 bits per heavy atom. The van der Waals surface area contributed by atoms with Gasteiger partial charge in [-0.15, -0.1) is 0 Å². The maximum atomic E-state index is 13.0. The molecule has 27 heavy (non-hydrogen) atoms. The first-order valence-electron chi connectivity index (χ1n) is 7.86. The second kappa shape index (κ2) is 8.03. The Balaban J connectivity index is 2.11. The zero-order chi connectivity index (χ0) is 20.4. The third kappa shape index (κ3) is 5.11. The Bertz CT molecular complexity index is 837. The van der Waals surface area contributed by atoms with E-state index in [1.165, 1.54) is 6.92 Å². The molecule has 7 nitrogen and oxygen atoms in total. The summed E-state index contributed by atoms with van der Waals surface area (Å²) in [6.45, 7) is 1.14. The summed E-state index contributed by atoms with van der Waals surface area (Å²) in [6.07, 6.45) is -4.44. The third-order valence-corrected chi connectivity index (χ3v) is 6.29. The molecule has 0 atom stereocenters. The standard InChI is InChI=1S/C15H17ClF3N3O4S/c1-9(23)20-21-14(24)10-4-6-22(7-5-10)27(25,26)11-2-3-13(16)12(8-11)15(17,18)19/h2-3,8,10H,4-7H2,1H3,(H,20,23)(H,21,24). The number of carbonyl (C=O) groups excluding carboxylic acids is 2. The second-order valence-corrected chi connectivity index (χ2v) is 8.33. The van der Waals surface area contributed by atoms with Crippen LogP contribution in [0.15, 0.2) is 23.1 Å². The molecule has 12 heteroatoms. The average molecular weight is 428 g/mol. The lowest BCUT2D eigenvalue weighted by Crippen LogP contribution is -2.47. The van der Waals surface area contributed by atoms with Gasteiger partial charge in [-0.3, -0.25) is 20.4 Å². The fourth-order valence-electron chi connectivity index (χ4n) is 2.64. The molecule has 1 aromatic rings. The number of carbonyl (C=O) groups is 2. The van der Waals surface area contributed by atoms with E-state index in [1.54, 1.807) is 0 Å². The van der Waals surface area contributed by atoms with Crippen molar-refractivity contribution in [2.24, 2.45) is 5.92 Å². The molecule has 1 aliphatic heterocycles. The van der Waals surface area contributed by atoms with Gasteiger partial charge in [0.15, 0.2) is 0 Å². The largest absolute Gasteiger partial charge is 0.417 e. The molecular weight excluding hydrogens is 411 g/mol. The summed E-state index contributed by atoms with van der Waals surface area (Å²) in [6, 6.07) is 2.42. The predicted octanol–water partition coefficient (Wildman–Crippen LogP) is 1.93. The molecule has 0 aromatic heterocycles. The molecule has 0 aliphatic carbocycles. The van der Waals surface area contributed by atoms with Gasteiger partial charge in [-0.25, -0.2) is 8.42 Å². The molecule has 0 radical (unpaired) electrons. The van der Waals surface area contributed by atoms with Crippen LogP contribution >= 0.6 is 11.6 Å². The van der Waals surface area contributed by atoms with E-state index >= 15 is 0 Å². The Morgan fingerprint density at radius 1 is 1.19 bits per heavy atom. The van der Waals surface area contributed by atoms with Crippen LogP contribution in [0.3, 0.4) is 0 Å². The van der Waals surface area contributed by atoms with Gasteiger partial charge in [0.2, 0.25) is 21.8 Å². The molecule has 2 rings (SSSR count). The summed E-state index contributed by atoms with van der Waals surface area (Å²) in [5.74, 6) is -1.42. The molecule has 1 saturated heterocycles. The van der Waals surface area contributed by atoms with Crippen molar-refractivity contribution in [1.82, 2.24) is 15.2 Å². The van der Waals surface area contributed by atoms with Gasteiger partial charge in [0, 0.05) is 25.9 Å². The first-order valence-corrected chi connectivity index (χ1v) is 9.68. The highest BCUT2D eigenvalue weighted by molar-refractivity contribution is 7.89. The molecular formula is C15H17ClF3N3O4S. The van der Waals surface area contributed by atoms with Crippen LogP contribution in [0.25, 0.3) is 0 Å². The van der Waals surface area contributed by atoms with Crippen LogP contribution in [-0.4, -0.2) is 37.6 Å². The van der Waals surface area contributed by atoms with Crippen LogP contribution in [0.5, 0.6) is 0 Å². The zero-order valence-electron chi connectivity index (χ0n) is 14.1. The van der Waals surface area contributed by atoms with Crippen LogP contribution in [0.1, 0.15) is 25.3 Å². The maximum absolute atomic E-state index is 13.0. The van der Waals surface area contributed by atoms with Gasteiger partial charge >= 0.3 is 6.18 Å². The zero-order valence-corrected chi connectivity index (χ0v) is 15.7. The van der Waals surface area contributed by atoms with Crippen molar-refractivity contribution in [3.63, 3.8) is 0 Å². The summed E-state index contributed by atoms with van der Waals surface area (Å²) in [5.41, 5.74) is 3.14. The lowest BCUT2D eigenvalue weighted by Gasteiger charge is -2.30. The highest BCUT2D eigenvalue weighted by Crippen LogP contribution is 2.36. The van der Waals surface area contributed by atoms with Crippen molar-refractivity contribution >= 4 is 33.4 Å². The molecule has 0 saturated carbocycles. The fourth-order valence-corrected chi connectivity index (χ4v) is 4.36. The van der Waals surface area contributed by atoms with Gasteiger partial charge in [-0.1, -0.05) is 11.6 Å². The van der Waals surface area contributed by atoms with E-state index in [0.29, 0.717) is 6.07 Å². The lowest BCUT2D eigenvalue weighted by molar-refractivity contribution is -0.137. The van der Waals surface area contributed by atoms with Gasteiger partial charge in [0.1, 0.15) is 0 Å². The normalized spacial score (nSPS) is 16.8. The van der Waals surface area contributed by atoms with Gasteiger partial charge in [-0.2, -0.15) is 17.5 Å². The number of benzene rings is 1. The van der Waals surface area contributed by atoms with Crippen LogP contribution in [0, 0.1) is 5.92 Å². The van der Waals surface area contributed by atoms with E-state index < -0.39 is 49.4 Å². The molecule has 1 aliphatic rings. The van der Waals surface area contributed by atoms with Crippen molar-refractivity contribution in [3.8, 4) is 0 Å². The summed E-state index contributed by atoms with van der Waals surface area (Å²) >= 11 is 5.52. The Labute approximate surface area is 158 Å². The van der Waals surface area contributed by atoms with Gasteiger partial charge < -0.3 is 0 Å². The highest BCUT2D eigenvalue weighted by atomic mass is 35.5. The fraction of sp³-hybridized carbons (Fsp3) is 0.467. The Hall–Kier alpha value is -1.85. The molecule has 1 aromatic carbocycles. The highest BCUT2D eigenvalue weighted by Gasteiger charge is 2.37. The maximum Gasteiger partial charge on any atom is 0.417 e. The molecule has 0 bridgehead atoms. The monoisotopic (exact) mass is 427 g/mol. The smallest absolute Gasteiger partial charge is 0.274 e. The number of sulfonamides is 1. The van der Waals surface area contributed by atoms with Gasteiger partial charge in [-0.05, 0) is 31.0 Å². The molecule has 150 valence electrons. The summed E-state index contributed by atoms with van der Waals surface area (Å²) < 4.78 is 65.2. The van der Waals surface area contributed by atoms with Crippen LogP contribution in [0.2, 0.25) is 5.02 Å². The number of piperidine rings is 1. The van der Waals surface area contributed by atoms with E-state index in [-0.39, 0.29) is 25.9 Å². The van der Waals surface area contributed by atoms with Crippen LogP contribution < -0.4 is 10.9 Å². The van der Waals surface area contributed by atoms with Gasteiger partial charge in [0.25, 0.3) is 0 Å². The third-order valence-electron chi connectivity index (χ3n) is 4.07. The lowest BCUT2D eigenvalue weighted by atomic mass is 9.98. The molecule has 1 heterocycles. The first-order chi connectivity index (χ1) is 12.4. The Kier molecular flexibility index (Phi) is 6.38. The number of nitrogens with one attached hydrogen (secondary N) is 2. The topological polar surface area (TPSA) is 95.6 Å². The van der Waals surface area contributed by atoms with Crippen molar-refractivity contribution in [1.29, 1.82) is 0 Å². The van der Waals surface area contributed by atoms with Crippen LogP contribution in [0.4, 0.5) is 13.2 Å². The van der Waals surface area contributed by atoms with E-state index in [0.717, 1.165) is 16.4 Å². The van der Waals surface area contributed by atoms with E-state index in [9.17, 15) is 31.2 Å². The number of alkyl halides is 3. The SMILES string of the molecule is CC(=O)NNC(=O)C1CCN(S(=O)(=O)c2ccc(Cl)c(C(F)(F)F)c2)CC1. The van der Waals surface area contributed by atoms with Gasteiger partial charge in [0.05, 0.1) is 15.5 Å². The minimum atomic E-state index is -4.78. The van der Waals surface area contributed by atoms with Crippen molar-refractivity contribution in [3.05, 3.63) is 28.8 Å². The summed E-state index contributed by atoms with van der Waals surface area (Å²) in [4.78, 5) is 22.2. The van der Waals surface area contributed by atoms with E-state index in [4.69, 9.17) is 11.6 Å². The van der Waals surface area contributed by atoms with Crippen LogP contribution in [-0.2, 0) is 25.8 Å². The number of hydrogen-bond acceptors (Lipinski definition) is 4. The first kappa shape index (κ1) is 21.5. The Morgan fingerprint density at radius 2 is 1.78 bits per heavy atom. The second-order valence-electron chi connectivity index (χ2n) is 5.99. The molecule has 2 amide bonds. The van der Waals surface area contributed by atoms with Crippen molar-refractivity contribution in [2.45, 2.75) is 30.8 Å². The van der Waals surface area contributed by atoms with E-state index in [2.05, 4.69) is 10.9 Å². The average Bonchev–Trinajstić information content (AvgIpc) is 2.59. The van der Waals surface area contributed by atoms with Crippen molar-refractivity contribution < 1.29 is 31.2 Å². The minimum absolute atomic E-state index is 0.0372. The molecule has 0 spiro atoms. The van der Waals surface area contributed by atoms with E-state index in [1.807, 2.05) is 0 Å². The number of hydrogen-bond donors (Lipinski definition) is 2. The quantitative estimate of drug-likeness (QED) is 0.720. The minimum Gasteiger partial charge on any atom is -0.274 e. The predicted molar refractivity (Wildman–Crippen MR) is 89.9 cm³/mol. The number of rotatable bonds is 3. The van der Waals surface area contributed by atoms with Crippen molar-refractivity contribution in [2.75, 3.05) is 13.1 Å². The number of amides is 2. The molecule has 1 fully saturated rings. The number of halogens is 4. The summed E-state index contributed by atoms with van der Waals surface area (Å²) in [7, 11) is -4.16. The molecule has 2 N–H and O–H groups in total.